The molecule has 0 atom stereocenters. The van der Waals surface area contributed by atoms with Gasteiger partial charge in [-0.15, -0.1) is 0 Å². The molecular weight excluding hydrogens is 210 g/mol. The zero-order valence-electron chi connectivity index (χ0n) is 11.3. The summed E-state index contributed by atoms with van der Waals surface area (Å²) in [6, 6.07) is 9.16. The first-order valence-corrected chi connectivity index (χ1v) is 6.67. The van der Waals surface area contributed by atoms with Crippen molar-refractivity contribution in [2.45, 2.75) is 46.1 Å². The van der Waals surface area contributed by atoms with Crippen LogP contribution in [0.5, 0.6) is 0 Å². The lowest BCUT2D eigenvalue weighted by Gasteiger charge is -2.24. The molecule has 1 aromatic rings. The van der Waals surface area contributed by atoms with Crippen molar-refractivity contribution < 1.29 is 4.74 Å². The zero-order chi connectivity index (χ0) is 12.5. The summed E-state index contributed by atoms with van der Waals surface area (Å²) in [6.45, 7) is 8.14. The van der Waals surface area contributed by atoms with Crippen molar-refractivity contribution in [3.8, 4) is 0 Å². The summed E-state index contributed by atoms with van der Waals surface area (Å²) >= 11 is 0. The van der Waals surface area contributed by atoms with Crippen LogP contribution in [0.1, 0.15) is 38.7 Å². The minimum atomic E-state index is 0.589. The Morgan fingerprint density at radius 2 is 1.65 bits per heavy atom. The first-order chi connectivity index (χ1) is 8.26. The summed E-state index contributed by atoms with van der Waals surface area (Å²) in [5.74, 6) is 0. The Bertz CT molecular complexity index is 288. The molecule has 1 aliphatic rings. The van der Waals surface area contributed by atoms with Crippen LogP contribution in [0.2, 0.25) is 0 Å². The van der Waals surface area contributed by atoms with Crippen molar-refractivity contribution in [2.24, 2.45) is 0 Å². The highest BCUT2D eigenvalue weighted by Gasteiger charge is 2.12. The Labute approximate surface area is 105 Å². The van der Waals surface area contributed by atoms with Crippen LogP contribution < -0.4 is 5.32 Å². The topological polar surface area (TPSA) is 21.3 Å². The fraction of sp³-hybridized carbons (Fsp3) is 0.600. The van der Waals surface area contributed by atoms with Gasteiger partial charge in [0, 0.05) is 24.9 Å². The minimum absolute atomic E-state index is 0.589. The van der Waals surface area contributed by atoms with Gasteiger partial charge in [-0.3, -0.25) is 0 Å². The Kier molecular flexibility index (Phi) is 6.71. The van der Waals surface area contributed by atoms with Gasteiger partial charge in [0.15, 0.2) is 0 Å². The molecule has 17 heavy (non-hydrogen) atoms. The van der Waals surface area contributed by atoms with E-state index in [1.165, 1.54) is 17.7 Å². The number of rotatable bonds is 2. The van der Waals surface area contributed by atoms with Gasteiger partial charge in [-0.1, -0.05) is 38.0 Å². The van der Waals surface area contributed by atoms with Gasteiger partial charge in [0.25, 0.3) is 0 Å². The Balaban J connectivity index is 0.000000437. The average Bonchev–Trinajstić information content (AvgIpc) is 2.35. The number of hydrogen-bond donors (Lipinski definition) is 1. The zero-order valence-corrected chi connectivity index (χ0v) is 11.3. The van der Waals surface area contributed by atoms with Crippen molar-refractivity contribution in [3.63, 3.8) is 0 Å². The molecule has 2 nitrogen and oxygen atoms in total. The summed E-state index contributed by atoms with van der Waals surface area (Å²) in [6.07, 6.45) is 3.49. The molecule has 1 saturated heterocycles. The minimum Gasteiger partial charge on any atom is -0.382 e. The predicted octanol–water partition coefficient (Wildman–Crippen LogP) is 4.00. The number of ether oxygens (including phenoxy) is 1. The molecule has 0 saturated carbocycles. The van der Waals surface area contributed by atoms with E-state index in [4.69, 9.17) is 4.74 Å². The van der Waals surface area contributed by atoms with E-state index in [1.54, 1.807) is 0 Å². The molecule has 96 valence electrons. The highest BCUT2D eigenvalue weighted by atomic mass is 16.5. The second-order valence-corrected chi connectivity index (χ2v) is 4.60. The third-order valence-corrected chi connectivity index (χ3v) is 2.64. The largest absolute Gasteiger partial charge is 0.382 e. The van der Waals surface area contributed by atoms with Crippen LogP contribution in [0.15, 0.2) is 24.3 Å². The SMILES string of the molecule is CCC.Cc1ccc(NC2CCOCC2)cc1. The van der Waals surface area contributed by atoms with Crippen molar-refractivity contribution >= 4 is 5.69 Å². The standard InChI is InChI=1S/C12H17NO.C3H8/c1-10-2-4-11(5-3-10)13-12-6-8-14-9-7-12;1-3-2/h2-5,12-13H,6-9H2,1H3;3H2,1-2H3. The average molecular weight is 235 g/mol. The number of nitrogens with one attached hydrogen (secondary N) is 1. The lowest BCUT2D eigenvalue weighted by Crippen LogP contribution is -2.27. The van der Waals surface area contributed by atoms with Gasteiger partial charge >= 0.3 is 0 Å². The first-order valence-electron chi connectivity index (χ1n) is 6.67. The molecular formula is C15H25NO. The van der Waals surface area contributed by atoms with Gasteiger partial charge in [-0.05, 0) is 31.9 Å². The lowest BCUT2D eigenvalue weighted by atomic mass is 10.1. The van der Waals surface area contributed by atoms with E-state index in [2.05, 4.69) is 50.4 Å². The van der Waals surface area contributed by atoms with Gasteiger partial charge in [-0.25, -0.2) is 0 Å². The highest BCUT2D eigenvalue weighted by molar-refractivity contribution is 5.45. The molecule has 1 aromatic carbocycles. The van der Waals surface area contributed by atoms with Crippen LogP contribution in [0.4, 0.5) is 5.69 Å². The third-order valence-electron chi connectivity index (χ3n) is 2.64. The molecule has 1 fully saturated rings. The van der Waals surface area contributed by atoms with Crippen LogP contribution in [-0.2, 0) is 4.74 Å². The molecule has 2 heteroatoms. The van der Waals surface area contributed by atoms with Gasteiger partial charge < -0.3 is 10.1 Å². The molecule has 0 spiro atoms. The molecule has 0 bridgehead atoms. The quantitative estimate of drug-likeness (QED) is 0.836. The maximum absolute atomic E-state index is 5.32. The number of aryl methyl sites for hydroxylation is 1. The molecule has 0 unspecified atom stereocenters. The van der Waals surface area contributed by atoms with Crippen molar-refractivity contribution in [1.82, 2.24) is 0 Å². The van der Waals surface area contributed by atoms with E-state index in [9.17, 15) is 0 Å². The normalized spacial score (nSPS) is 15.9. The molecule has 1 heterocycles. The summed E-state index contributed by atoms with van der Waals surface area (Å²) in [7, 11) is 0. The molecule has 2 rings (SSSR count). The number of benzene rings is 1. The van der Waals surface area contributed by atoms with Crippen LogP contribution in [0, 0.1) is 6.92 Å². The van der Waals surface area contributed by atoms with Crippen LogP contribution in [0.3, 0.4) is 0 Å². The number of hydrogen-bond acceptors (Lipinski definition) is 2. The predicted molar refractivity (Wildman–Crippen MR) is 74.6 cm³/mol. The Morgan fingerprint density at radius 3 is 2.18 bits per heavy atom. The van der Waals surface area contributed by atoms with E-state index in [0.717, 1.165) is 26.1 Å². The van der Waals surface area contributed by atoms with E-state index in [-0.39, 0.29) is 0 Å². The Morgan fingerprint density at radius 1 is 1.12 bits per heavy atom. The summed E-state index contributed by atoms with van der Waals surface area (Å²) < 4.78 is 5.32. The van der Waals surface area contributed by atoms with Gasteiger partial charge in [0.05, 0.1) is 0 Å². The fourth-order valence-electron chi connectivity index (χ4n) is 1.73. The summed E-state index contributed by atoms with van der Waals surface area (Å²) in [5, 5.41) is 3.53. The van der Waals surface area contributed by atoms with E-state index in [0.29, 0.717) is 6.04 Å². The van der Waals surface area contributed by atoms with Crippen LogP contribution in [0.25, 0.3) is 0 Å². The fourth-order valence-corrected chi connectivity index (χ4v) is 1.73. The lowest BCUT2D eigenvalue weighted by molar-refractivity contribution is 0.0904. The third kappa shape index (κ3) is 5.73. The monoisotopic (exact) mass is 235 g/mol. The molecule has 0 aromatic heterocycles. The second kappa shape index (κ2) is 8.13. The maximum Gasteiger partial charge on any atom is 0.0485 e. The van der Waals surface area contributed by atoms with E-state index >= 15 is 0 Å². The molecule has 1 N–H and O–H groups in total. The van der Waals surface area contributed by atoms with Gasteiger partial charge in [-0.2, -0.15) is 0 Å². The maximum atomic E-state index is 5.32. The highest BCUT2D eigenvalue weighted by Crippen LogP contribution is 2.15. The van der Waals surface area contributed by atoms with E-state index < -0.39 is 0 Å². The van der Waals surface area contributed by atoms with E-state index in [1.807, 2.05) is 0 Å². The van der Waals surface area contributed by atoms with Gasteiger partial charge in [0.2, 0.25) is 0 Å². The molecule has 1 aliphatic heterocycles. The molecule has 0 radical (unpaired) electrons. The first kappa shape index (κ1) is 14.0. The van der Waals surface area contributed by atoms with Crippen molar-refractivity contribution in [1.29, 1.82) is 0 Å². The Hall–Kier alpha value is -1.02. The van der Waals surface area contributed by atoms with Gasteiger partial charge in [0.1, 0.15) is 0 Å². The smallest absolute Gasteiger partial charge is 0.0485 e. The summed E-state index contributed by atoms with van der Waals surface area (Å²) in [5.41, 5.74) is 2.53. The number of anilines is 1. The van der Waals surface area contributed by atoms with Crippen molar-refractivity contribution in [2.75, 3.05) is 18.5 Å². The molecule has 0 amide bonds. The second-order valence-electron chi connectivity index (χ2n) is 4.60. The van der Waals surface area contributed by atoms with Crippen molar-refractivity contribution in [3.05, 3.63) is 29.8 Å². The van der Waals surface area contributed by atoms with Crippen LogP contribution in [-0.4, -0.2) is 19.3 Å². The molecule has 0 aliphatic carbocycles. The summed E-state index contributed by atoms with van der Waals surface area (Å²) in [4.78, 5) is 0. The van der Waals surface area contributed by atoms with Crippen LogP contribution >= 0.6 is 0 Å².